The Kier molecular flexibility index (Phi) is 2.30. The highest BCUT2D eigenvalue weighted by Gasteiger charge is 2.20. The molecule has 0 saturated carbocycles. The Hall–Kier alpha value is -2.42. The highest BCUT2D eigenvalue weighted by molar-refractivity contribution is 6.02. The zero-order valence-electron chi connectivity index (χ0n) is 11.2. The number of H-pyrrole nitrogens is 1. The molecule has 0 fully saturated rings. The monoisotopic (exact) mass is 262 g/mol. The van der Waals surface area contributed by atoms with Gasteiger partial charge in [0.15, 0.2) is 5.78 Å². The summed E-state index contributed by atoms with van der Waals surface area (Å²) in [6.07, 6.45) is 5.32. The third-order valence-electron chi connectivity index (χ3n) is 4.11. The fourth-order valence-corrected chi connectivity index (χ4v) is 3.08. The fourth-order valence-electron chi connectivity index (χ4n) is 3.08. The van der Waals surface area contributed by atoms with E-state index in [1.54, 1.807) is 0 Å². The highest BCUT2D eigenvalue weighted by atomic mass is 16.1. The van der Waals surface area contributed by atoms with Gasteiger partial charge in [-0.1, -0.05) is 18.2 Å². The first-order valence-electron chi connectivity index (χ1n) is 6.83. The second-order valence-corrected chi connectivity index (χ2v) is 5.35. The summed E-state index contributed by atoms with van der Waals surface area (Å²) in [6.45, 7) is 2.08. The lowest BCUT2D eigenvalue weighted by atomic mass is 9.98. The minimum atomic E-state index is 0.268. The summed E-state index contributed by atoms with van der Waals surface area (Å²) in [6, 6.07) is 8.21. The van der Waals surface area contributed by atoms with Crippen molar-refractivity contribution in [1.82, 2.24) is 9.97 Å². The number of carbonyl (C=O) groups is 1. The Bertz CT molecular complexity index is 845. The average molecular weight is 262 g/mol. The number of hydrogen-bond donors (Lipinski definition) is 1. The molecular formula is C17H14N2O. The van der Waals surface area contributed by atoms with Crippen LogP contribution in [0, 0.1) is 6.92 Å². The van der Waals surface area contributed by atoms with Crippen molar-refractivity contribution in [1.29, 1.82) is 0 Å². The van der Waals surface area contributed by atoms with E-state index in [-0.39, 0.29) is 5.78 Å². The fraction of sp³-hybridized carbons (Fsp3) is 0.176. The van der Waals surface area contributed by atoms with Crippen LogP contribution in [0.4, 0.5) is 0 Å². The maximum absolute atomic E-state index is 11.7. The van der Waals surface area contributed by atoms with E-state index in [4.69, 9.17) is 0 Å². The van der Waals surface area contributed by atoms with Crippen LogP contribution >= 0.6 is 0 Å². The molecule has 0 bridgehead atoms. The van der Waals surface area contributed by atoms with Crippen LogP contribution in [0.3, 0.4) is 0 Å². The summed E-state index contributed by atoms with van der Waals surface area (Å²) in [4.78, 5) is 19.3. The molecule has 1 N–H and O–H groups in total. The molecule has 0 saturated heterocycles. The summed E-state index contributed by atoms with van der Waals surface area (Å²) in [5, 5.41) is 1.16. The van der Waals surface area contributed by atoms with Gasteiger partial charge >= 0.3 is 0 Å². The molecule has 0 aliphatic heterocycles. The van der Waals surface area contributed by atoms with Gasteiger partial charge in [-0.25, -0.2) is 4.98 Å². The molecule has 3 heteroatoms. The average Bonchev–Trinajstić information content (AvgIpc) is 3.03. The minimum Gasteiger partial charge on any atom is -0.346 e. The van der Waals surface area contributed by atoms with Crippen LogP contribution in [-0.4, -0.2) is 15.8 Å². The molecule has 0 atom stereocenters. The number of ketones is 1. The lowest BCUT2D eigenvalue weighted by molar-refractivity contribution is 0.0994. The van der Waals surface area contributed by atoms with Crippen LogP contribution in [0.2, 0.25) is 0 Å². The number of nitrogens with one attached hydrogen (secondary N) is 1. The van der Waals surface area contributed by atoms with Crippen LogP contribution in [0.25, 0.3) is 22.2 Å². The standard InChI is InChI=1S/C17H14N2O/c1-10-9-19-17-16(10)14(6-7-18-17)12-2-4-13-11(8-12)3-5-15(13)20/h2,4,6-9H,3,5H2,1H3,(H,18,19). The molecule has 0 amide bonds. The van der Waals surface area contributed by atoms with E-state index < -0.39 is 0 Å². The number of Topliss-reactive ketones (excluding diaryl/α,β-unsaturated/α-hetero) is 1. The van der Waals surface area contributed by atoms with Gasteiger partial charge in [0.25, 0.3) is 0 Å². The Morgan fingerprint density at radius 2 is 2.05 bits per heavy atom. The molecule has 2 heterocycles. The van der Waals surface area contributed by atoms with Crippen molar-refractivity contribution in [3.8, 4) is 11.1 Å². The van der Waals surface area contributed by atoms with Gasteiger partial charge in [-0.2, -0.15) is 0 Å². The number of pyridine rings is 1. The highest BCUT2D eigenvalue weighted by Crippen LogP contribution is 2.32. The van der Waals surface area contributed by atoms with Gasteiger partial charge in [-0.3, -0.25) is 4.79 Å². The molecule has 3 nitrogen and oxygen atoms in total. The van der Waals surface area contributed by atoms with Gasteiger partial charge < -0.3 is 4.98 Å². The second kappa shape index (κ2) is 4.04. The molecule has 0 radical (unpaired) electrons. The van der Waals surface area contributed by atoms with Gasteiger partial charge in [0.2, 0.25) is 0 Å². The molecule has 2 aromatic heterocycles. The van der Waals surface area contributed by atoms with Crippen molar-refractivity contribution in [2.45, 2.75) is 19.8 Å². The number of aromatic amines is 1. The Balaban J connectivity index is 1.96. The molecule has 1 aromatic carbocycles. The van der Waals surface area contributed by atoms with Crippen molar-refractivity contribution in [3.05, 3.63) is 53.3 Å². The zero-order valence-corrected chi connectivity index (χ0v) is 11.2. The number of rotatable bonds is 1. The molecule has 4 rings (SSSR count). The van der Waals surface area contributed by atoms with E-state index in [1.807, 2.05) is 30.6 Å². The SMILES string of the molecule is Cc1c[nH]c2nccc(-c3ccc4c(c3)CCC4=O)c12. The number of nitrogens with zero attached hydrogens (tertiary/aromatic N) is 1. The van der Waals surface area contributed by atoms with Crippen LogP contribution in [0.5, 0.6) is 0 Å². The van der Waals surface area contributed by atoms with Crippen LogP contribution in [-0.2, 0) is 6.42 Å². The van der Waals surface area contributed by atoms with Gasteiger partial charge in [0, 0.05) is 29.8 Å². The summed E-state index contributed by atoms with van der Waals surface area (Å²) in [5.74, 6) is 0.268. The maximum Gasteiger partial charge on any atom is 0.163 e. The van der Waals surface area contributed by atoms with E-state index in [9.17, 15) is 4.79 Å². The third-order valence-corrected chi connectivity index (χ3v) is 4.11. The molecule has 0 spiro atoms. The summed E-state index contributed by atoms with van der Waals surface area (Å²) >= 11 is 0. The molecule has 20 heavy (non-hydrogen) atoms. The second-order valence-electron chi connectivity index (χ2n) is 5.35. The van der Waals surface area contributed by atoms with Gasteiger partial charge in [0.05, 0.1) is 0 Å². The summed E-state index contributed by atoms with van der Waals surface area (Å²) in [5.41, 5.74) is 6.51. The third kappa shape index (κ3) is 1.53. The van der Waals surface area contributed by atoms with Crippen LogP contribution in [0.15, 0.2) is 36.7 Å². The lowest BCUT2D eigenvalue weighted by Gasteiger charge is -2.07. The molecule has 1 aliphatic carbocycles. The predicted octanol–water partition coefficient (Wildman–Crippen LogP) is 3.67. The normalized spacial score (nSPS) is 13.9. The van der Waals surface area contributed by atoms with Crippen molar-refractivity contribution in [3.63, 3.8) is 0 Å². The number of hydrogen-bond acceptors (Lipinski definition) is 2. The van der Waals surface area contributed by atoms with Crippen molar-refractivity contribution in [2.75, 3.05) is 0 Å². The van der Waals surface area contributed by atoms with Gasteiger partial charge in [-0.15, -0.1) is 0 Å². The first kappa shape index (κ1) is 11.4. The number of aromatic nitrogens is 2. The number of benzene rings is 1. The molecule has 0 unspecified atom stereocenters. The number of carbonyl (C=O) groups excluding carboxylic acids is 1. The zero-order chi connectivity index (χ0) is 13.7. The number of aryl methyl sites for hydroxylation is 2. The largest absolute Gasteiger partial charge is 0.346 e. The van der Waals surface area contributed by atoms with Crippen LogP contribution in [0.1, 0.15) is 27.9 Å². The summed E-state index contributed by atoms with van der Waals surface area (Å²) < 4.78 is 0. The van der Waals surface area contributed by atoms with Crippen LogP contribution < -0.4 is 0 Å². The first-order valence-corrected chi connectivity index (χ1v) is 6.83. The topological polar surface area (TPSA) is 45.8 Å². The maximum atomic E-state index is 11.7. The molecule has 1 aliphatic rings. The predicted molar refractivity (Wildman–Crippen MR) is 78.9 cm³/mol. The minimum absolute atomic E-state index is 0.268. The van der Waals surface area contributed by atoms with Gasteiger partial charge in [0.1, 0.15) is 5.65 Å². The van der Waals surface area contributed by atoms with E-state index in [1.165, 1.54) is 16.7 Å². The van der Waals surface area contributed by atoms with E-state index >= 15 is 0 Å². The smallest absolute Gasteiger partial charge is 0.163 e. The molecular weight excluding hydrogens is 248 g/mol. The Morgan fingerprint density at radius 1 is 1.15 bits per heavy atom. The Morgan fingerprint density at radius 3 is 2.95 bits per heavy atom. The molecule has 98 valence electrons. The van der Waals surface area contributed by atoms with Crippen molar-refractivity contribution in [2.24, 2.45) is 0 Å². The van der Waals surface area contributed by atoms with Crippen molar-refractivity contribution < 1.29 is 4.79 Å². The quantitative estimate of drug-likeness (QED) is 0.727. The lowest BCUT2D eigenvalue weighted by Crippen LogP contribution is -1.91. The number of fused-ring (bicyclic) bond motifs is 2. The van der Waals surface area contributed by atoms with Crippen molar-refractivity contribution >= 4 is 16.8 Å². The first-order chi connectivity index (χ1) is 9.74. The summed E-state index contributed by atoms with van der Waals surface area (Å²) in [7, 11) is 0. The van der Waals surface area contributed by atoms with E-state index in [0.717, 1.165) is 28.6 Å². The van der Waals surface area contributed by atoms with E-state index in [0.29, 0.717) is 6.42 Å². The van der Waals surface area contributed by atoms with E-state index in [2.05, 4.69) is 23.0 Å². The Labute approximate surface area is 116 Å². The molecule has 3 aromatic rings. The van der Waals surface area contributed by atoms with Gasteiger partial charge in [-0.05, 0) is 41.7 Å².